The van der Waals surface area contributed by atoms with Gasteiger partial charge in [-0.25, -0.2) is 10.0 Å². The molecular formula is C9H10Cl2N2O2. The van der Waals surface area contributed by atoms with E-state index in [0.717, 1.165) is 5.06 Å². The van der Waals surface area contributed by atoms with Crippen LogP contribution in [0.5, 0.6) is 0 Å². The largest absolute Gasteiger partial charge is 0.275 e. The highest BCUT2D eigenvalue weighted by molar-refractivity contribution is 6.41. The van der Waals surface area contributed by atoms with Gasteiger partial charge in [-0.05, 0) is 11.6 Å². The van der Waals surface area contributed by atoms with Crippen molar-refractivity contribution in [1.82, 2.24) is 10.0 Å². The third-order valence-electron chi connectivity index (χ3n) is 1.83. The van der Waals surface area contributed by atoms with E-state index >= 15 is 0 Å². The van der Waals surface area contributed by atoms with Crippen LogP contribution in [0.2, 0.25) is 10.2 Å². The van der Waals surface area contributed by atoms with Crippen molar-refractivity contribution in [3.63, 3.8) is 0 Å². The molecule has 1 aromatic heterocycles. The van der Waals surface area contributed by atoms with Crippen LogP contribution in [0.25, 0.3) is 0 Å². The number of carbonyl (C=O) groups is 1. The van der Waals surface area contributed by atoms with Crippen LogP contribution >= 0.6 is 23.2 Å². The molecule has 6 heteroatoms. The Kier molecular flexibility index (Phi) is 4.32. The average Bonchev–Trinajstić information content (AvgIpc) is 2.22. The summed E-state index contributed by atoms with van der Waals surface area (Å²) in [5, 5.41) is 1.71. The average molecular weight is 249 g/mol. The van der Waals surface area contributed by atoms with Crippen LogP contribution in [-0.2, 0) is 16.1 Å². The maximum atomic E-state index is 11.4. The van der Waals surface area contributed by atoms with E-state index in [1.54, 1.807) is 6.07 Å². The monoisotopic (exact) mass is 248 g/mol. The third kappa shape index (κ3) is 3.34. The first-order valence-corrected chi connectivity index (χ1v) is 4.90. The highest BCUT2D eigenvalue weighted by Crippen LogP contribution is 2.20. The lowest BCUT2D eigenvalue weighted by Crippen LogP contribution is -2.26. The summed E-state index contributed by atoms with van der Waals surface area (Å²) in [6, 6.07) is 1.61. The number of hydrogen-bond acceptors (Lipinski definition) is 3. The first kappa shape index (κ1) is 12.2. The van der Waals surface area contributed by atoms with E-state index in [4.69, 9.17) is 28.0 Å². The van der Waals surface area contributed by atoms with Gasteiger partial charge in [0.15, 0.2) is 0 Å². The maximum Gasteiger partial charge on any atom is 0.250 e. The summed E-state index contributed by atoms with van der Waals surface area (Å²) in [4.78, 5) is 20.0. The third-order valence-corrected chi connectivity index (χ3v) is 2.52. The zero-order chi connectivity index (χ0) is 11.4. The van der Waals surface area contributed by atoms with Gasteiger partial charge in [-0.1, -0.05) is 23.2 Å². The number of carbonyl (C=O) groups excluding carboxylic acids is 1. The Morgan fingerprint density at radius 3 is 2.80 bits per heavy atom. The van der Waals surface area contributed by atoms with Crippen molar-refractivity contribution >= 4 is 29.1 Å². The molecule has 4 nitrogen and oxygen atoms in total. The van der Waals surface area contributed by atoms with Crippen LogP contribution < -0.4 is 0 Å². The quantitative estimate of drug-likeness (QED) is 0.607. The van der Waals surface area contributed by atoms with E-state index in [1.165, 1.54) is 20.4 Å². The fourth-order valence-electron chi connectivity index (χ4n) is 0.945. The molecule has 15 heavy (non-hydrogen) atoms. The summed E-state index contributed by atoms with van der Waals surface area (Å²) >= 11 is 11.4. The Hall–Kier alpha value is -0.840. The molecule has 0 bridgehead atoms. The van der Waals surface area contributed by atoms with Crippen molar-refractivity contribution in [1.29, 1.82) is 0 Å². The lowest BCUT2D eigenvalue weighted by atomic mass is 10.2. The fraction of sp³-hybridized carbons (Fsp3) is 0.333. The van der Waals surface area contributed by atoms with Gasteiger partial charge in [0.1, 0.15) is 5.15 Å². The SMILES string of the molecule is CON(C)C(=O)Cc1cnc(Cl)c(Cl)c1. The van der Waals surface area contributed by atoms with Crippen LogP contribution in [-0.4, -0.2) is 30.1 Å². The van der Waals surface area contributed by atoms with Crippen molar-refractivity contribution in [2.75, 3.05) is 14.2 Å². The summed E-state index contributed by atoms with van der Waals surface area (Å²) in [5.41, 5.74) is 0.693. The van der Waals surface area contributed by atoms with Gasteiger partial charge in [-0.3, -0.25) is 9.63 Å². The number of hydroxylamine groups is 2. The lowest BCUT2D eigenvalue weighted by molar-refractivity contribution is -0.167. The minimum Gasteiger partial charge on any atom is -0.275 e. The summed E-state index contributed by atoms with van der Waals surface area (Å²) < 4.78 is 0. The number of nitrogens with zero attached hydrogens (tertiary/aromatic N) is 2. The fourth-order valence-corrected chi connectivity index (χ4v) is 1.24. The molecule has 0 aliphatic heterocycles. The molecule has 82 valence electrons. The highest BCUT2D eigenvalue weighted by atomic mass is 35.5. The summed E-state index contributed by atoms with van der Waals surface area (Å²) in [7, 11) is 2.96. The van der Waals surface area contributed by atoms with E-state index in [1.807, 2.05) is 0 Å². The van der Waals surface area contributed by atoms with Crippen molar-refractivity contribution < 1.29 is 9.63 Å². The predicted molar refractivity (Wildman–Crippen MR) is 57.7 cm³/mol. The van der Waals surface area contributed by atoms with Gasteiger partial charge in [0.05, 0.1) is 18.6 Å². The standard InChI is InChI=1S/C9H10Cl2N2O2/c1-13(15-2)8(14)4-6-3-7(10)9(11)12-5-6/h3,5H,4H2,1-2H3. The van der Waals surface area contributed by atoms with Gasteiger partial charge < -0.3 is 0 Å². The molecule has 0 unspecified atom stereocenters. The lowest BCUT2D eigenvalue weighted by Gasteiger charge is -2.13. The van der Waals surface area contributed by atoms with Crippen molar-refractivity contribution in [2.45, 2.75) is 6.42 Å². The minimum atomic E-state index is -0.183. The molecule has 1 amide bonds. The number of hydrogen-bond donors (Lipinski definition) is 0. The number of pyridine rings is 1. The van der Waals surface area contributed by atoms with Crippen LogP contribution in [0.3, 0.4) is 0 Å². The predicted octanol–water partition coefficient (Wildman–Crippen LogP) is 1.95. The molecule has 0 atom stereocenters. The van der Waals surface area contributed by atoms with E-state index < -0.39 is 0 Å². The Balaban J connectivity index is 2.73. The molecule has 0 saturated heterocycles. The Labute approximate surface area is 97.7 Å². The van der Waals surface area contributed by atoms with E-state index in [-0.39, 0.29) is 17.5 Å². The van der Waals surface area contributed by atoms with E-state index in [2.05, 4.69) is 4.98 Å². The number of likely N-dealkylation sites (N-methyl/N-ethyl adjacent to an activating group) is 1. The molecule has 1 aromatic rings. The number of rotatable bonds is 3. The first-order chi connectivity index (χ1) is 7.04. The molecule has 0 aromatic carbocycles. The summed E-state index contributed by atoms with van der Waals surface area (Å²) in [6.45, 7) is 0. The zero-order valence-electron chi connectivity index (χ0n) is 8.33. The first-order valence-electron chi connectivity index (χ1n) is 4.15. The number of halogens is 2. The van der Waals surface area contributed by atoms with Crippen LogP contribution in [0.15, 0.2) is 12.3 Å². The number of amides is 1. The van der Waals surface area contributed by atoms with Gasteiger partial charge in [-0.15, -0.1) is 0 Å². The number of aromatic nitrogens is 1. The second-order valence-electron chi connectivity index (χ2n) is 2.87. The molecular weight excluding hydrogens is 239 g/mol. The van der Waals surface area contributed by atoms with Crippen LogP contribution in [0.1, 0.15) is 5.56 Å². The summed E-state index contributed by atoms with van der Waals surface area (Å²) in [6.07, 6.45) is 1.68. The molecule has 0 N–H and O–H groups in total. The Morgan fingerprint density at radius 1 is 1.60 bits per heavy atom. The normalized spacial score (nSPS) is 10.1. The molecule has 0 aliphatic rings. The Morgan fingerprint density at radius 2 is 2.27 bits per heavy atom. The molecule has 0 spiro atoms. The second kappa shape index (κ2) is 5.30. The van der Waals surface area contributed by atoms with Gasteiger partial charge in [0.25, 0.3) is 0 Å². The van der Waals surface area contributed by atoms with Crippen molar-refractivity contribution in [2.24, 2.45) is 0 Å². The van der Waals surface area contributed by atoms with Gasteiger partial charge in [-0.2, -0.15) is 0 Å². The van der Waals surface area contributed by atoms with Crippen molar-refractivity contribution in [3.05, 3.63) is 28.0 Å². The molecule has 1 heterocycles. The molecule has 0 saturated carbocycles. The highest BCUT2D eigenvalue weighted by Gasteiger charge is 2.10. The van der Waals surface area contributed by atoms with Gasteiger partial charge in [0, 0.05) is 13.2 Å². The van der Waals surface area contributed by atoms with Gasteiger partial charge >= 0.3 is 0 Å². The molecule has 0 aliphatic carbocycles. The van der Waals surface area contributed by atoms with Gasteiger partial charge in [0.2, 0.25) is 5.91 Å². The van der Waals surface area contributed by atoms with E-state index in [0.29, 0.717) is 10.6 Å². The topological polar surface area (TPSA) is 42.4 Å². The molecule has 0 radical (unpaired) electrons. The maximum absolute atomic E-state index is 11.4. The molecule has 1 rings (SSSR count). The minimum absolute atomic E-state index is 0.175. The smallest absolute Gasteiger partial charge is 0.250 e. The zero-order valence-corrected chi connectivity index (χ0v) is 9.84. The molecule has 0 fully saturated rings. The second-order valence-corrected chi connectivity index (χ2v) is 3.63. The van der Waals surface area contributed by atoms with Crippen molar-refractivity contribution in [3.8, 4) is 0 Å². The summed E-state index contributed by atoms with van der Waals surface area (Å²) in [5.74, 6) is -0.183. The van der Waals surface area contributed by atoms with Crippen LogP contribution in [0, 0.1) is 0 Å². The van der Waals surface area contributed by atoms with E-state index in [9.17, 15) is 4.79 Å². The Bertz CT molecular complexity index is 371. The van der Waals surface area contributed by atoms with Crippen LogP contribution in [0.4, 0.5) is 0 Å².